The van der Waals surface area contributed by atoms with Crippen LogP contribution in [-0.2, 0) is 6.54 Å². The first-order valence-electron chi connectivity index (χ1n) is 8.85. The van der Waals surface area contributed by atoms with Gasteiger partial charge in [-0.2, -0.15) is 0 Å². The maximum atomic E-state index is 12.7. The molecule has 1 amide bonds. The van der Waals surface area contributed by atoms with Crippen LogP contribution < -0.4 is 24.8 Å². The number of benzene rings is 2. The maximum absolute atomic E-state index is 12.7. The Morgan fingerprint density at radius 2 is 1.62 bits per heavy atom. The van der Waals surface area contributed by atoms with Gasteiger partial charge in [0.15, 0.2) is 11.5 Å². The summed E-state index contributed by atoms with van der Waals surface area (Å²) in [5, 5.41) is 5.97. The van der Waals surface area contributed by atoms with Crippen molar-refractivity contribution in [2.75, 3.05) is 32.0 Å². The van der Waals surface area contributed by atoms with E-state index in [2.05, 4.69) is 20.6 Å². The number of nitrogens with one attached hydrogen (secondary N) is 2. The number of aromatic nitrogens is 2. The maximum Gasteiger partial charge on any atom is 0.274 e. The van der Waals surface area contributed by atoms with Crippen molar-refractivity contribution in [2.24, 2.45) is 0 Å². The Balaban J connectivity index is 1.74. The van der Waals surface area contributed by atoms with Crippen LogP contribution in [0.4, 0.5) is 11.5 Å². The van der Waals surface area contributed by atoms with E-state index >= 15 is 0 Å². The molecule has 0 aliphatic carbocycles. The molecule has 29 heavy (non-hydrogen) atoms. The standard InChI is InChI=1S/C21H22N4O4/c1-27-17-9-15(10-18(28-2)20(17)29-3)25-21(26)16-11-19(24-13-23-16)22-12-14-7-5-4-6-8-14/h4-11,13H,12H2,1-3H3,(H,25,26)(H,22,23,24). The monoisotopic (exact) mass is 394 g/mol. The molecular weight excluding hydrogens is 372 g/mol. The van der Waals surface area contributed by atoms with Crippen LogP contribution in [-0.4, -0.2) is 37.2 Å². The lowest BCUT2D eigenvalue weighted by Crippen LogP contribution is -2.15. The van der Waals surface area contributed by atoms with Gasteiger partial charge < -0.3 is 24.8 Å². The Morgan fingerprint density at radius 1 is 0.931 bits per heavy atom. The highest BCUT2D eigenvalue weighted by atomic mass is 16.5. The summed E-state index contributed by atoms with van der Waals surface area (Å²) in [6.45, 7) is 0.589. The molecule has 0 aliphatic heterocycles. The van der Waals surface area contributed by atoms with E-state index in [1.807, 2.05) is 30.3 Å². The van der Waals surface area contributed by atoms with Crippen molar-refractivity contribution in [3.05, 3.63) is 66.1 Å². The second kappa shape index (κ2) is 9.41. The van der Waals surface area contributed by atoms with Crippen LogP contribution >= 0.6 is 0 Å². The number of hydrogen-bond donors (Lipinski definition) is 2. The minimum absolute atomic E-state index is 0.226. The van der Waals surface area contributed by atoms with E-state index < -0.39 is 0 Å². The van der Waals surface area contributed by atoms with E-state index in [1.54, 1.807) is 18.2 Å². The lowest BCUT2D eigenvalue weighted by atomic mass is 10.2. The number of anilines is 2. The Morgan fingerprint density at radius 3 is 2.24 bits per heavy atom. The van der Waals surface area contributed by atoms with Crippen LogP contribution in [0.2, 0.25) is 0 Å². The van der Waals surface area contributed by atoms with Gasteiger partial charge in [0, 0.05) is 30.4 Å². The van der Waals surface area contributed by atoms with E-state index in [0.717, 1.165) is 5.56 Å². The smallest absolute Gasteiger partial charge is 0.274 e. The van der Waals surface area contributed by atoms with Crippen LogP contribution in [0.1, 0.15) is 16.1 Å². The summed E-state index contributed by atoms with van der Waals surface area (Å²) in [6, 6.07) is 14.8. The zero-order valence-electron chi connectivity index (χ0n) is 16.4. The van der Waals surface area contributed by atoms with E-state index in [1.165, 1.54) is 27.7 Å². The molecule has 150 valence electrons. The van der Waals surface area contributed by atoms with Crippen LogP contribution in [0.3, 0.4) is 0 Å². The average molecular weight is 394 g/mol. The van der Waals surface area contributed by atoms with Crippen LogP contribution in [0, 0.1) is 0 Å². The fourth-order valence-electron chi connectivity index (χ4n) is 2.72. The molecule has 0 bridgehead atoms. The van der Waals surface area contributed by atoms with Crippen molar-refractivity contribution < 1.29 is 19.0 Å². The molecule has 1 heterocycles. The number of rotatable bonds is 8. The third-order valence-corrected chi connectivity index (χ3v) is 4.14. The molecule has 1 aromatic heterocycles. The fourth-order valence-corrected chi connectivity index (χ4v) is 2.72. The van der Waals surface area contributed by atoms with Gasteiger partial charge in [-0.05, 0) is 5.56 Å². The molecule has 8 heteroatoms. The number of nitrogens with zero attached hydrogens (tertiary/aromatic N) is 2. The molecule has 2 aromatic carbocycles. The third kappa shape index (κ3) is 4.92. The SMILES string of the molecule is COc1cc(NC(=O)c2cc(NCc3ccccc3)ncn2)cc(OC)c1OC. The lowest BCUT2D eigenvalue weighted by molar-refractivity contribution is 0.102. The van der Waals surface area contributed by atoms with Crippen LogP contribution in [0.15, 0.2) is 54.9 Å². The second-order valence-corrected chi connectivity index (χ2v) is 6.00. The Bertz CT molecular complexity index is 954. The molecule has 2 N–H and O–H groups in total. The third-order valence-electron chi connectivity index (χ3n) is 4.14. The molecule has 0 fully saturated rings. The first kappa shape index (κ1) is 19.9. The molecular formula is C21H22N4O4. The molecule has 0 aliphatic rings. The molecule has 3 rings (SSSR count). The molecule has 0 spiro atoms. The zero-order valence-corrected chi connectivity index (χ0v) is 16.4. The molecule has 0 saturated heterocycles. The van der Waals surface area contributed by atoms with Crippen molar-refractivity contribution >= 4 is 17.4 Å². The number of hydrogen-bond acceptors (Lipinski definition) is 7. The van der Waals surface area contributed by atoms with Crippen LogP contribution in [0.25, 0.3) is 0 Å². The predicted molar refractivity (Wildman–Crippen MR) is 110 cm³/mol. The van der Waals surface area contributed by atoms with Gasteiger partial charge in [0.05, 0.1) is 21.3 Å². The lowest BCUT2D eigenvalue weighted by Gasteiger charge is -2.14. The summed E-state index contributed by atoms with van der Waals surface area (Å²) in [5.74, 6) is 1.50. The van der Waals surface area contributed by atoms with Gasteiger partial charge in [0.25, 0.3) is 5.91 Å². The van der Waals surface area contributed by atoms with Gasteiger partial charge in [0.2, 0.25) is 5.75 Å². The van der Waals surface area contributed by atoms with Crippen molar-refractivity contribution in [1.82, 2.24) is 9.97 Å². The second-order valence-electron chi connectivity index (χ2n) is 6.00. The summed E-state index contributed by atoms with van der Waals surface area (Å²) >= 11 is 0. The van der Waals surface area contributed by atoms with Crippen molar-refractivity contribution in [3.8, 4) is 17.2 Å². The summed E-state index contributed by atoms with van der Waals surface area (Å²) in [4.78, 5) is 20.9. The highest BCUT2D eigenvalue weighted by Gasteiger charge is 2.16. The number of carbonyl (C=O) groups excluding carboxylic acids is 1. The quantitative estimate of drug-likeness (QED) is 0.605. The van der Waals surface area contributed by atoms with Gasteiger partial charge >= 0.3 is 0 Å². The van der Waals surface area contributed by atoms with Crippen molar-refractivity contribution in [2.45, 2.75) is 6.54 Å². The van der Waals surface area contributed by atoms with E-state index in [9.17, 15) is 4.79 Å². The summed E-state index contributed by atoms with van der Waals surface area (Å²) in [7, 11) is 4.54. The summed E-state index contributed by atoms with van der Waals surface area (Å²) < 4.78 is 15.9. The molecule has 0 unspecified atom stereocenters. The van der Waals surface area contributed by atoms with Gasteiger partial charge in [-0.3, -0.25) is 4.79 Å². The Kier molecular flexibility index (Phi) is 6.47. The Hall–Kier alpha value is -3.81. The molecule has 8 nitrogen and oxygen atoms in total. The van der Waals surface area contributed by atoms with Gasteiger partial charge in [0.1, 0.15) is 17.8 Å². The van der Waals surface area contributed by atoms with Gasteiger partial charge in [-0.25, -0.2) is 9.97 Å². The van der Waals surface area contributed by atoms with Gasteiger partial charge in [-0.15, -0.1) is 0 Å². The summed E-state index contributed by atoms with van der Waals surface area (Å²) in [6.07, 6.45) is 1.34. The van der Waals surface area contributed by atoms with Crippen molar-refractivity contribution in [3.63, 3.8) is 0 Å². The largest absolute Gasteiger partial charge is 0.493 e. The number of ether oxygens (including phenoxy) is 3. The number of methoxy groups -OCH3 is 3. The first-order valence-corrected chi connectivity index (χ1v) is 8.85. The number of amides is 1. The van der Waals surface area contributed by atoms with Gasteiger partial charge in [-0.1, -0.05) is 30.3 Å². The summed E-state index contributed by atoms with van der Waals surface area (Å²) in [5.41, 5.74) is 1.82. The van der Waals surface area contributed by atoms with E-state index in [4.69, 9.17) is 14.2 Å². The topological polar surface area (TPSA) is 94.6 Å². The Labute approximate surface area is 168 Å². The highest BCUT2D eigenvalue weighted by Crippen LogP contribution is 2.40. The average Bonchev–Trinajstić information content (AvgIpc) is 2.77. The minimum atomic E-state index is -0.385. The minimum Gasteiger partial charge on any atom is -0.493 e. The first-order chi connectivity index (χ1) is 14.1. The zero-order chi connectivity index (χ0) is 20.6. The van der Waals surface area contributed by atoms with Crippen molar-refractivity contribution in [1.29, 1.82) is 0 Å². The number of carbonyl (C=O) groups is 1. The molecule has 0 atom stereocenters. The molecule has 0 radical (unpaired) electrons. The molecule has 3 aromatic rings. The fraction of sp³-hybridized carbons (Fsp3) is 0.190. The highest BCUT2D eigenvalue weighted by molar-refractivity contribution is 6.03. The molecule has 0 saturated carbocycles. The van der Waals surface area contributed by atoms with E-state index in [0.29, 0.717) is 35.3 Å². The van der Waals surface area contributed by atoms with Crippen LogP contribution in [0.5, 0.6) is 17.2 Å². The normalized spacial score (nSPS) is 10.2. The predicted octanol–water partition coefficient (Wildman–Crippen LogP) is 3.37. The van der Waals surface area contributed by atoms with E-state index in [-0.39, 0.29) is 11.6 Å².